The minimum absolute atomic E-state index is 0.630. The van der Waals surface area contributed by atoms with E-state index in [-0.39, 0.29) is 0 Å². The van der Waals surface area contributed by atoms with Gasteiger partial charge in [0.05, 0.1) is 0 Å². The van der Waals surface area contributed by atoms with E-state index in [1.807, 2.05) is 0 Å². The number of rotatable bonds is 5. The van der Waals surface area contributed by atoms with Crippen LogP contribution in [0.2, 0.25) is 0 Å². The summed E-state index contributed by atoms with van der Waals surface area (Å²) in [5.74, 6) is 0. The molecule has 2 rings (SSSR count). The van der Waals surface area contributed by atoms with E-state index in [1.54, 1.807) is 0 Å². The molecule has 82 valence electrons. The van der Waals surface area contributed by atoms with Crippen LogP contribution in [-0.2, 0) is 0 Å². The van der Waals surface area contributed by atoms with Crippen molar-refractivity contribution in [3.05, 3.63) is 0 Å². The molecule has 1 N–H and O–H groups in total. The van der Waals surface area contributed by atoms with Gasteiger partial charge in [0.15, 0.2) is 0 Å². The van der Waals surface area contributed by atoms with E-state index in [0.717, 1.165) is 0 Å². The molecule has 1 unspecified atom stereocenters. The van der Waals surface area contributed by atoms with E-state index < -0.39 is 0 Å². The SMILES string of the molecule is CC(NCCN1CCCC1)C1(C)CC1. The summed E-state index contributed by atoms with van der Waals surface area (Å²) in [5.41, 5.74) is 0.630. The summed E-state index contributed by atoms with van der Waals surface area (Å²) in [7, 11) is 0. The van der Waals surface area contributed by atoms with Gasteiger partial charge < -0.3 is 10.2 Å². The summed E-state index contributed by atoms with van der Waals surface area (Å²) >= 11 is 0. The molecular weight excluding hydrogens is 172 g/mol. The van der Waals surface area contributed by atoms with Gasteiger partial charge >= 0.3 is 0 Å². The predicted octanol–water partition coefficient (Wildman–Crippen LogP) is 1.86. The molecule has 1 aliphatic carbocycles. The van der Waals surface area contributed by atoms with Crippen LogP contribution in [0.3, 0.4) is 0 Å². The van der Waals surface area contributed by atoms with Crippen molar-refractivity contribution in [3.63, 3.8) is 0 Å². The lowest BCUT2D eigenvalue weighted by Crippen LogP contribution is -2.38. The topological polar surface area (TPSA) is 15.3 Å². The fraction of sp³-hybridized carbons (Fsp3) is 1.00. The Morgan fingerprint density at radius 3 is 2.50 bits per heavy atom. The second-order valence-corrected chi connectivity index (χ2v) is 5.38. The molecular formula is C12H24N2. The third-order valence-electron chi connectivity index (χ3n) is 4.16. The summed E-state index contributed by atoms with van der Waals surface area (Å²) in [5, 5.41) is 3.67. The summed E-state index contributed by atoms with van der Waals surface area (Å²) in [4.78, 5) is 2.58. The van der Waals surface area contributed by atoms with E-state index in [9.17, 15) is 0 Å². The molecule has 0 aromatic heterocycles. The molecule has 1 saturated carbocycles. The van der Waals surface area contributed by atoms with Crippen molar-refractivity contribution in [3.8, 4) is 0 Å². The van der Waals surface area contributed by atoms with Crippen molar-refractivity contribution < 1.29 is 0 Å². The van der Waals surface area contributed by atoms with Crippen LogP contribution in [0, 0.1) is 5.41 Å². The maximum atomic E-state index is 3.67. The molecule has 2 fully saturated rings. The highest BCUT2D eigenvalue weighted by molar-refractivity contribution is 4.96. The highest BCUT2D eigenvalue weighted by atomic mass is 15.2. The zero-order chi connectivity index (χ0) is 10.0. The summed E-state index contributed by atoms with van der Waals surface area (Å²) in [6.45, 7) is 9.83. The third kappa shape index (κ3) is 2.48. The van der Waals surface area contributed by atoms with Crippen molar-refractivity contribution in [2.24, 2.45) is 5.41 Å². The number of nitrogens with one attached hydrogen (secondary N) is 1. The Labute approximate surface area is 88.1 Å². The van der Waals surface area contributed by atoms with Gasteiger partial charge in [-0.25, -0.2) is 0 Å². The normalized spacial score (nSPS) is 27.9. The van der Waals surface area contributed by atoms with E-state index in [1.165, 1.54) is 51.9 Å². The Morgan fingerprint density at radius 1 is 1.29 bits per heavy atom. The second-order valence-electron chi connectivity index (χ2n) is 5.38. The quantitative estimate of drug-likeness (QED) is 0.722. The molecule has 2 heteroatoms. The van der Waals surface area contributed by atoms with E-state index in [2.05, 4.69) is 24.1 Å². The van der Waals surface area contributed by atoms with Crippen LogP contribution in [0.25, 0.3) is 0 Å². The molecule has 0 aromatic rings. The van der Waals surface area contributed by atoms with Crippen LogP contribution >= 0.6 is 0 Å². The van der Waals surface area contributed by atoms with Crippen LogP contribution in [0.4, 0.5) is 0 Å². The van der Waals surface area contributed by atoms with Gasteiger partial charge in [-0.05, 0) is 51.1 Å². The number of hydrogen-bond acceptors (Lipinski definition) is 2. The number of nitrogens with zero attached hydrogens (tertiary/aromatic N) is 1. The van der Waals surface area contributed by atoms with Gasteiger partial charge in [-0.1, -0.05) is 6.92 Å². The van der Waals surface area contributed by atoms with Crippen LogP contribution in [0.5, 0.6) is 0 Å². The molecule has 2 aliphatic rings. The molecule has 0 aromatic carbocycles. The average Bonchev–Trinajstić information content (AvgIpc) is 2.73. The average molecular weight is 196 g/mol. The van der Waals surface area contributed by atoms with E-state index in [4.69, 9.17) is 0 Å². The second kappa shape index (κ2) is 4.19. The zero-order valence-electron chi connectivity index (χ0n) is 9.68. The van der Waals surface area contributed by atoms with Gasteiger partial charge in [0.2, 0.25) is 0 Å². The van der Waals surface area contributed by atoms with Crippen LogP contribution in [0.15, 0.2) is 0 Å². The van der Waals surface area contributed by atoms with Gasteiger partial charge in [-0.3, -0.25) is 0 Å². The number of hydrogen-bond donors (Lipinski definition) is 1. The first-order valence-corrected chi connectivity index (χ1v) is 6.16. The smallest absolute Gasteiger partial charge is 0.0107 e. The zero-order valence-corrected chi connectivity index (χ0v) is 9.68. The van der Waals surface area contributed by atoms with Gasteiger partial charge in [0.1, 0.15) is 0 Å². The Kier molecular flexibility index (Phi) is 3.13. The summed E-state index contributed by atoms with van der Waals surface area (Å²) < 4.78 is 0. The lowest BCUT2D eigenvalue weighted by atomic mass is 10.0. The first-order valence-electron chi connectivity index (χ1n) is 6.16. The highest BCUT2D eigenvalue weighted by Gasteiger charge is 2.42. The van der Waals surface area contributed by atoms with E-state index in [0.29, 0.717) is 11.5 Å². The molecule has 0 radical (unpaired) electrons. The molecule has 1 atom stereocenters. The first kappa shape index (κ1) is 10.4. The lowest BCUT2D eigenvalue weighted by Gasteiger charge is -2.22. The fourth-order valence-corrected chi connectivity index (χ4v) is 2.32. The Morgan fingerprint density at radius 2 is 1.93 bits per heavy atom. The maximum Gasteiger partial charge on any atom is 0.0107 e. The van der Waals surface area contributed by atoms with Crippen LogP contribution in [0.1, 0.15) is 39.5 Å². The van der Waals surface area contributed by atoms with Crippen molar-refractivity contribution in [2.75, 3.05) is 26.2 Å². The van der Waals surface area contributed by atoms with Gasteiger partial charge in [-0.2, -0.15) is 0 Å². The van der Waals surface area contributed by atoms with Gasteiger partial charge in [-0.15, -0.1) is 0 Å². The Bertz CT molecular complexity index is 181. The number of likely N-dealkylation sites (tertiary alicyclic amines) is 1. The van der Waals surface area contributed by atoms with Gasteiger partial charge in [0.25, 0.3) is 0 Å². The molecule has 1 aliphatic heterocycles. The minimum atomic E-state index is 0.630. The molecule has 0 spiro atoms. The van der Waals surface area contributed by atoms with Gasteiger partial charge in [0, 0.05) is 19.1 Å². The monoisotopic (exact) mass is 196 g/mol. The largest absolute Gasteiger partial charge is 0.312 e. The molecule has 14 heavy (non-hydrogen) atoms. The summed E-state index contributed by atoms with van der Waals surface area (Å²) in [6, 6.07) is 0.713. The summed E-state index contributed by atoms with van der Waals surface area (Å²) in [6.07, 6.45) is 5.66. The Hall–Kier alpha value is -0.0800. The Balaban J connectivity index is 1.58. The van der Waals surface area contributed by atoms with Crippen molar-refractivity contribution >= 4 is 0 Å². The first-order chi connectivity index (χ1) is 6.71. The minimum Gasteiger partial charge on any atom is -0.312 e. The highest BCUT2D eigenvalue weighted by Crippen LogP contribution is 2.47. The maximum absolute atomic E-state index is 3.67. The molecule has 0 bridgehead atoms. The third-order valence-corrected chi connectivity index (χ3v) is 4.16. The molecule has 1 saturated heterocycles. The van der Waals surface area contributed by atoms with Crippen molar-refractivity contribution in [1.82, 2.24) is 10.2 Å². The fourth-order valence-electron chi connectivity index (χ4n) is 2.32. The lowest BCUT2D eigenvalue weighted by molar-refractivity contribution is 0.308. The predicted molar refractivity (Wildman–Crippen MR) is 60.5 cm³/mol. The van der Waals surface area contributed by atoms with Crippen LogP contribution < -0.4 is 5.32 Å². The molecule has 0 amide bonds. The van der Waals surface area contributed by atoms with Crippen molar-refractivity contribution in [1.29, 1.82) is 0 Å². The molecule has 1 heterocycles. The molecule has 2 nitrogen and oxygen atoms in total. The van der Waals surface area contributed by atoms with Crippen molar-refractivity contribution in [2.45, 2.75) is 45.6 Å². The standard InChI is InChI=1S/C12H24N2/c1-11(12(2)5-6-12)13-7-10-14-8-3-4-9-14/h11,13H,3-10H2,1-2H3. The van der Waals surface area contributed by atoms with E-state index >= 15 is 0 Å². The van der Waals surface area contributed by atoms with Crippen LogP contribution in [-0.4, -0.2) is 37.1 Å².